The van der Waals surface area contributed by atoms with Crippen LogP contribution in [0, 0.1) is 6.92 Å². The first kappa shape index (κ1) is 26.4. The second kappa shape index (κ2) is 10.5. The number of methoxy groups -OCH3 is 1. The number of fused-ring (bicyclic) bond motifs is 1. The van der Waals surface area contributed by atoms with Crippen LogP contribution < -0.4 is 14.4 Å². The van der Waals surface area contributed by atoms with Gasteiger partial charge in [-0.2, -0.15) is 0 Å². The van der Waals surface area contributed by atoms with Crippen LogP contribution in [0.25, 0.3) is 5.76 Å². The molecule has 0 unspecified atom stereocenters. The molecule has 5 rings (SSSR count). The van der Waals surface area contributed by atoms with Crippen molar-refractivity contribution in [2.24, 2.45) is 0 Å². The van der Waals surface area contributed by atoms with Crippen LogP contribution in [0.1, 0.15) is 58.4 Å². The van der Waals surface area contributed by atoms with Crippen LogP contribution in [-0.4, -0.2) is 47.6 Å². The second-order valence-electron chi connectivity index (χ2n) is 9.45. The van der Waals surface area contributed by atoms with Gasteiger partial charge in [0.05, 0.1) is 31.0 Å². The van der Waals surface area contributed by atoms with Gasteiger partial charge >= 0.3 is 11.9 Å². The highest BCUT2D eigenvalue weighted by Crippen LogP contribution is 2.45. The average molecular weight is 549 g/mol. The number of esters is 1. The number of nitrogens with zero attached hydrogens (tertiary/aromatic N) is 2. The molecule has 3 aromatic rings. The summed E-state index contributed by atoms with van der Waals surface area (Å²) in [5, 5.41) is 11.7. The number of anilines is 1. The van der Waals surface area contributed by atoms with Crippen LogP contribution in [0.2, 0.25) is 0 Å². The minimum atomic E-state index is -1.00. The Hall–Kier alpha value is -4.18. The third kappa shape index (κ3) is 4.76. The molecule has 1 fully saturated rings. The molecule has 1 saturated heterocycles. The van der Waals surface area contributed by atoms with Gasteiger partial charge in [0.25, 0.3) is 5.78 Å². The lowest BCUT2D eigenvalue weighted by atomic mass is 9.94. The maximum Gasteiger partial charge on any atom is 0.350 e. The third-order valence-corrected chi connectivity index (χ3v) is 7.76. The van der Waals surface area contributed by atoms with Crippen molar-refractivity contribution in [1.82, 2.24) is 4.98 Å². The first-order valence-corrected chi connectivity index (χ1v) is 13.4. The monoisotopic (exact) mass is 548 g/mol. The molecule has 39 heavy (non-hydrogen) atoms. The maximum atomic E-state index is 13.5. The molecular weight excluding hydrogens is 520 g/mol. The van der Waals surface area contributed by atoms with Gasteiger partial charge in [-0.3, -0.25) is 14.5 Å². The fourth-order valence-corrected chi connectivity index (χ4v) is 5.84. The van der Waals surface area contributed by atoms with Crippen LogP contribution in [0.15, 0.2) is 48.0 Å². The number of amides is 1. The molecule has 0 bridgehead atoms. The first-order valence-electron chi connectivity index (χ1n) is 12.6. The molecule has 2 aliphatic heterocycles. The maximum absolute atomic E-state index is 13.5. The van der Waals surface area contributed by atoms with Crippen LogP contribution >= 0.6 is 11.3 Å². The van der Waals surface area contributed by atoms with Crippen molar-refractivity contribution in [3.05, 3.63) is 75.3 Å². The molecule has 2 aliphatic rings. The number of thiazole rings is 1. The average Bonchev–Trinajstić information content (AvgIpc) is 3.58. The molecule has 0 aliphatic carbocycles. The molecule has 10 heteroatoms. The Morgan fingerprint density at radius 1 is 1.23 bits per heavy atom. The summed E-state index contributed by atoms with van der Waals surface area (Å²) in [5.74, 6) is -1.31. The predicted octanol–water partition coefficient (Wildman–Crippen LogP) is 4.98. The summed E-state index contributed by atoms with van der Waals surface area (Å²) in [5.41, 5.74) is 2.15. The molecule has 1 aromatic heterocycles. The van der Waals surface area contributed by atoms with Crippen LogP contribution in [0.4, 0.5) is 5.13 Å². The lowest BCUT2D eigenvalue weighted by molar-refractivity contribution is -0.132. The van der Waals surface area contributed by atoms with E-state index < -0.39 is 23.7 Å². The van der Waals surface area contributed by atoms with Crippen molar-refractivity contribution < 1.29 is 33.7 Å². The summed E-state index contributed by atoms with van der Waals surface area (Å²) in [7, 11) is 1.26. The number of carbonyl (C=O) groups excluding carboxylic acids is 3. The molecular formula is C29H28N2O7S. The summed E-state index contributed by atoms with van der Waals surface area (Å²) in [6, 6.07) is 11.3. The van der Waals surface area contributed by atoms with Gasteiger partial charge in [-0.25, -0.2) is 9.78 Å². The van der Waals surface area contributed by atoms with Crippen molar-refractivity contribution in [2.45, 2.75) is 45.8 Å². The number of hydrogen-bond donors (Lipinski definition) is 1. The van der Waals surface area contributed by atoms with Gasteiger partial charge in [0.15, 0.2) is 5.13 Å². The van der Waals surface area contributed by atoms with Gasteiger partial charge in [0.1, 0.15) is 28.2 Å². The van der Waals surface area contributed by atoms with Crippen molar-refractivity contribution in [3.8, 4) is 11.5 Å². The standard InChI is InChI=1S/C29H28N2O7S/c1-5-11-37-20-8-6-7-17(14-20)23-22(24(32)18-9-10-21-19(13-18)12-15(2)38-21)25(33)27(34)31(23)29-30-16(3)26(39-29)28(35)36-4/h6-10,13-15,23,32H,5,11-12H2,1-4H3/t15-,23-/m1/s1. The Balaban J connectivity index is 1.67. The smallest absolute Gasteiger partial charge is 0.350 e. The van der Waals surface area contributed by atoms with E-state index in [-0.39, 0.29) is 27.4 Å². The Kier molecular flexibility index (Phi) is 7.14. The molecule has 9 nitrogen and oxygen atoms in total. The zero-order chi connectivity index (χ0) is 27.8. The highest BCUT2D eigenvalue weighted by molar-refractivity contribution is 7.17. The SMILES string of the molecule is CCCOc1cccc([C@@H]2C(=C(O)c3ccc4c(c3)C[C@@H](C)O4)C(=O)C(=O)N2c2nc(C)c(C(=O)OC)s2)c1. The lowest BCUT2D eigenvalue weighted by Crippen LogP contribution is -2.29. The molecule has 2 aromatic carbocycles. The van der Waals surface area contributed by atoms with E-state index >= 15 is 0 Å². The fraction of sp³-hybridized carbons (Fsp3) is 0.310. The Morgan fingerprint density at radius 2 is 2.03 bits per heavy atom. The van der Waals surface area contributed by atoms with Crippen LogP contribution in [-0.2, 0) is 20.7 Å². The summed E-state index contributed by atoms with van der Waals surface area (Å²) in [6.07, 6.45) is 1.48. The largest absolute Gasteiger partial charge is 0.507 e. The molecule has 1 amide bonds. The number of carbonyl (C=O) groups is 3. The van der Waals surface area contributed by atoms with Gasteiger partial charge in [-0.15, -0.1) is 0 Å². The summed E-state index contributed by atoms with van der Waals surface area (Å²) in [6.45, 7) is 6.07. The second-order valence-corrected chi connectivity index (χ2v) is 10.4. The number of ether oxygens (including phenoxy) is 3. The summed E-state index contributed by atoms with van der Waals surface area (Å²) in [4.78, 5) is 45.2. The van der Waals surface area contributed by atoms with E-state index in [0.29, 0.717) is 35.6 Å². The molecule has 0 saturated carbocycles. The molecule has 0 radical (unpaired) electrons. The fourth-order valence-electron chi connectivity index (χ4n) is 4.83. The Bertz CT molecular complexity index is 1510. The van der Waals surface area contributed by atoms with Gasteiger partial charge in [-0.1, -0.05) is 30.4 Å². The Morgan fingerprint density at radius 3 is 2.77 bits per heavy atom. The molecule has 0 spiro atoms. The predicted molar refractivity (Wildman–Crippen MR) is 145 cm³/mol. The first-order chi connectivity index (χ1) is 18.7. The summed E-state index contributed by atoms with van der Waals surface area (Å²) < 4.78 is 16.4. The van der Waals surface area contributed by atoms with E-state index in [4.69, 9.17) is 14.2 Å². The number of aryl methyl sites for hydroxylation is 1. The number of aliphatic hydroxyl groups is 1. The zero-order valence-corrected chi connectivity index (χ0v) is 22.8. The normalized spacial score (nSPS) is 19.6. The highest BCUT2D eigenvalue weighted by atomic mass is 32.1. The van der Waals surface area contributed by atoms with E-state index in [2.05, 4.69) is 4.98 Å². The number of hydrogen-bond acceptors (Lipinski definition) is 9. The minimum absolute atomic E-state index is 0.00554. The minimum Gasteiger partial charge on any atom is -0.507 e. The lowest BCUT2D eigenvalue weighted by Gasteiger charge is -2.23. The topological polar surface area (TPSA) is 115 Å². The highest BCUT2D eigenvalue weighted by Gasteiger charge is 2.48. The zero-order valence-electron chi connectivity index (χ0n) is 22.0. The van der Waals surface area contributed by atoms with Gasteiger partial charge < -0.3 is 19.3 Å². The van der Waals surface area contributed by atoms with Gasteiger partial charge in [0.2, 0.25) is 0 Å². The van der Waals surface area contributed by atoms with Crippen LogP contribution in [0.3, 0.4) is 0 Å². The number of rotatable bonds is 7. The molecule has 2 atom stereocenters. The van der Waals surface area contributed by atoms with E-state index in [1.807, 2.05) is 13.8 Å². The van der Waals surface area contributed by atoms with E-state index in [1.54, 1.807) is 49.4 Å². The van der Waals surface area contributed by atoms with Crippen molar-refractivity contribution in [1.29, 1.82) is 0 Å². The van der Waals surface area contributed by atoms with Gasteiger partial charge in [0, 0.05) is 12.0 Å². The number of aliphatic hydroxyl groups excluding tert-OH is 1. The summed E-state index contributed by atoms with van der Waals surface area (Å²) >= 11 is 0.953. The molecule has 3 heterocycles. The van der Waals surface area contributed by atoms with Crippen molar-refractivity contribution in [3.63, 3.8) is 0 Å². The number of Topliss-reactive ketones (excluding diaryl/α,β-unsaturated/α-hetero) is 1. The molecule has 202 valence electrons. The van der Waals surface area contributed by atoms with Gasteiger partial charge in [-0.05, 0) is 61.7 Å². The molecule has 1 N–H and O–H groups in total. The van der Waals surface area contributed by atoms with Crippen molar-refractivity contribution in [2.75, 3.05) is 18.6 Å². The number of ketones is 1. The quantitative estimate of drug-likeness (QED) is 0.190. The third-order valence-electron chi connectivity index (χ3n) is 6.62. The van der Waals surface area contributed by atoms with E-state index in [9.17, 15) is 19.5 Å². The van der Waals surface area contributed by atoms with E-state index in [0.717, 1.165) is 29.1 Å². The van der Waals surface area contributed by atoms with Crippen LogP contribution in [0.5, 0.6) is 11.5 Å². The number of benzene rings is 2. The van der Waals surface area contributed by atoms with Crippen molar-refractivity contribution >= 4 is 39.9 Å². The number of aromatic nitrogens is 1. The Labute approximate surface area is 229 Å². The van der Waals surface area contributed by atoms with E-state index in [1.165, 1.54) is 12.0 Å².